The first-order valence-electron chi connectivity index (χ1n) is 7.25. The molecule has 0 radical (unpaired) electrons. The molecular formula is C16H21N3O2. The van der Waals surface area contributed by atoms with E-state index in [-0.39, 0.29) is 0 Å². The van der Waals surface area contributed by atoms with Crippen LogP contribution >= 0.6 is 0 Å². The summed E-state index contributed by atoms with van der Waals surface area (Å²) in [5, 5.41) is 13.6. The number of aromatic nitrogens is 3. The van der Waals surface area contributed by atoms with Crippen LogP contribution in [0, 0.1) is 12.8 Å². The molecule has 0 aliphatic heterocycles. The second kappa shape index (κ2) is 7.02. The van der Waals surface area contributed by atoms with Gasteiger partial charge >= 0.3 is 5.97 Å². The fourth-order valence-corrected chi connectivity index (χ4v) is 2.42. The van der Waals surface area contributed by atoms with Gasteiger partial charge in [0.05, 0.1) is 5.92 Å². The van der Waals surface area contributed by atoms with Crippen LogP contribution in [0.2, 0.25) is 0 Å². The van der Waals surface area contributed by atoms with E-state index >= 15 is 0 Å². The van der Waals surface area contributed by atoms with Gasteiger partial charge in [0.25, 0.3) is 0 Å². The summed E-state index contributed by atoms with van der Waals surface area (Å²) in [6, 6.07) is 7.91. The van der Waals surface area contributed by atoms with Gasteiger partial charge in [-0.05, 0) is 30.9 Å². The van der Waals surface area contributed by atoms with Crippen LogP contribution in [-0.4, -0.2) is 25.8 Å². The van der Waals surface area contributed by atoms with Crippen LogP contribution in [0.15, 0.2) is 30.6 Å². The molecule has 1 unspecified atom stereocenters. The lowest BCUT2D eigenvalue weighted by Crippen LogP contribution is -2.22. The third-order valence-corrected chi connectivity index (χ3v) is 3.64. The van der Waals surface area contributed by atoms with Crippen molar-refractivity contribution >= 4 is 5.97 Å². The SMILES string of the molecule is CCCn1ncnc1CC(Cc1ccccc1C)C(=O)O. The van der Waals surface area contributed by atoms with Crippen molar-refractivity contribution in [3.8, 4) is 0 Å². The summed E-state index contributed by atoms with van der Waals surface area (Å²) >= 11 is 0. The van der Waals surface area contributed by atoms with Gasteiger partial charge in [-0.25, -0.2) is 4.98 Å². The van der Waals surface area contributed by atoms with E-state index in [1.165, 1.54) is 6.33 Å². The first-order valence-corrected chi connectivity index (χ1v) is 7.25. The van der Waals surface area contributed by atoms with E-state index in [1.807, 2.05) is 31.2 Å². The largest absolute Gasteiger partial charge is 0.481 e. The Bertz CT molecular complexity index is 607. The molecule has 0 aliphatic carbocycles. The summed E-state index contributed by atoms with van der Waals surface area (Å²) < 4.78 is 1.80. The molecule has 0 amide bonds. The van der Waals surface area contributed by atoms with Gasteiger partial charge < -0.3 is 5.11 Å². The molecule has 112 valence electrons. The number of aliphatic carboxylic acids is 1. The molecule has 0 saturated heterocycles. The van der Waals surface area contributed by atoms with Crippen molar-refractivity contribution in [2.75, 3.05) is 0 Å². The first-order chi connectivity index (χ1) is 10.1. The zero-order valence-corrected chi connectivity index (χ0v) is 12.5. The lowest BCUT2D eigenvalue weighted by atomic mass is 9.93. The van der Waals surface area contributed by atoms with Gasteiger partial charge in [0.2, 0.25) is 0 Å². The van der Waals surface area contributed by atoms with Crippen LogP contribution < -0.4 is 0 Å². The number of carbonyl (C=O) groups is 1. The highest BCUT2D eigenvalue weighted by Gasteiger charge is 2.22. The van der Waals surface area contributed by atoms with Gasteiger partial charge in [-0.2, -0.15) is 5.10 Å². The highest BCUT2D eigenvalue weighted by Crippen LogP contribution is 2.17. The molecule has 1 N–H and O–H groups in total. The van der Waals surface area contributed by atoms with Crippen LogP contribution in [0.5, 0.6) is 0 Å². The summed E-state index contributed by atoms with van der Waals surface area (Å²) in [5.41, 5.74) is 2.20. The Balaban J connectivity index is 2.14. The topological polar surface area (TPSA) is 68.0 Å². The third-order valence-electron chi connectivity index (χ3n) is 3.64. The number of carboxylic acid groups (broad SMARTS) is 1. The van der Waals surface area contributed by atoms with E-state index in [1.54, 1.807) is 4.68 Å². The fraction of sp³-hybridized carbons (Fsp3) is 0.438. The van der Waals surface area contributed by atoms with Crippen LogP contribution in [0.4, 0.5) is 0 Å². The van der Waals surface area contributed by atoms with Gasteiger partial charge in [-0.1, -0.05) is 31.2 Å². The van der Waals surface area contributed by atoms with E-state index in [2.05, 4.69) is 17.0 Å². The lowest BCUT2D eigenvalue weighted by molar-refractivity contribution is -0.141. The molecule has 5 nitrogen and oxygen atoms in total. The molecule has 5 heteroatoms. The number of hydrogen-bond donors (Lipinski definition) is 1. The van der Waals surface area contributed by atoms with Crippen molar-refractivity contribution in [1.82, 2.24) is 14.8 Å². The average molecular weight is 287 g/mol. The van der Waals surface area contributed by atoms with E-state index < -0.39 is 11.9 Å². The lowest BCUT2D eigenvalue weighted by Gasteiger charge is -2.14. The van der Waals surface area contributed by atoms with Crippen molar-refractivity contribution in [3.05, 3.63) is 47.5 Å². The normalized spacial score (nSPS) is 12.3. The Labute approximate surface area is 124 Å². The number of aryl methyl sites for hydroxylation is 2. The maximum absolute atomic E-state index is 11.6. The second-order valence-corrected chi connectivity index (χ2v) is 5.27. The molecule has 1 atom stereocenters. The number of nitrogens with zero attached hydrogens (tertiary/aromatic N) is 3. The Morgan fingerprint density at radius 1 is 1.33 bits per heavy atom. The van der Waals surface area contributed by atoms with Crippen molar-refractivity contribution in [2.45, 2.75) is 39.7 Å². The molecule has 2 rings (SSSR count). The zero-order chi connectivity index (χ0) is 15.2. The maximum Gasteiger partial charge on any atom is 0.307 e. The standard InChI is InChI=1S/C16H21N3O2/c1-3-8-19-15(17-11-18-19)10-14(16(20)21)9-13-7-5-4-6-12(13)2/h4-7,11,14H,3,8-10H2,1-2H3,(H,20,21). The molecular weight excluding hydrogens is 266 g/mol. The minimum Gasteiger partial charge on any atom is -0.481 e. The van der Waals surface area contributed by atoms with E-state index in [9.17, 15) is 9.90 Å². The molecule has 0 saturated carbocycles. The predicted octanol–water partition coefficient (Wildman–Crippen LogP) is 2.48. The quantitative estimate of drug-likeness (QED) is 0.849. The molecule has 1 aromatic heterocycles. The highest BCUT2D eigenvalue weighted by atomic mass is 16.4. The van der Waals surface area contributed by atoms with Crippen molar-refractivity contribution in [1.29, 1.82) is 0 Å². The maximum atomic E-state index is 11.6. The number of carboxylic acids is 1. The zero-order valence-electron chi connectivity index (χ0n) is 12.5. The van der Waals surface area contributed by atoms with Gasteiger partial charge in [0, 0.05) is 13.0 Å². The molecule has 2 aromatic rings. The van der Waals surface area contributed by atoms with Crippen LogP contribution in [0.3, 0.4) is 0 Å². The Morgan fingerprint density at radius 3 is 2.76 bits per heavy atom. The van der Waals surface area contributed by atoms with E-state index in [0.717, 1.165) is 29.9 Å². The summed E-state index contributed by atoms with van der Waals surface area (Å²) in [6.45, 7) is 4.84. The Hall–Kier alpha value is -2.17. The molecule has 0 aliphatic rings. The van der Waals surface area contributed by atoms with Crippen molar-refractivity contribution < 1.29 is 9.90 Å². The van der Waals surface area contributed by atoms with Gasteiger partial charge in [0.15, 0.2) is 0 Å². The van der Waals surface area contributed by atoms with Crippen molar-refractivity contribution in [3.63, 3.8) is 0 Å². The van der Waals surface area contributed by atoms with E-state index in [4.69, 9.17) is 0 Å². The number of benzene rings is 1. The molecule has 1 heterocycles. The molecule has 0 bridgehead atoms. The number of rotatable bonds is 7. The summed E-state index contributed by atoms with van der Waals surface area (Å²) in [4.78, 5) is 15.8. The smallest absolute Gasteiger partial charge is 0.307 e. The Morgan fingerprint density at radius 2 is 2.10 bits per heavy atom. The molecule has 1 aromatic carbocycles. The van der Waals surface area contributed by atoms with Crippen molar-refractivity contribution in [2.24, 2.45) is 5.92 Å². The highest BCUT2D eigenvalue weighted by molar-refractivity contribution is 5.70. The fourth-order valence-electron chi connectivity index (χ4n) is 2.42. The minimum atomic E-state index is -0.788. The Kier molecular flexibility index (Phi) is 5.09. The van der Waals surface area contributed by atoms with Gasteiger partial charge in [-0.3, -0.25) is 9.48 Å². The number of hydrogen-bond acceptors (Lipinski definition) is 3. The second-order valence-electron chi connectivity index (χ2n) is 5.27. The molecule has 0 fully saturated rings. The summed E-state index contributed by atoms with van der Waals surface area (Å²) in [5.74, 6) is -0.520. The minimum absolute atomic E-state index is 0.406. The third kappa shape index (κ3) is 3.90. The van der Waals surface area contributed by atoms with Gasteiger partial charge in [0.1, 0.15) is 12.2 Å². The van der Waals surface area contributed by atoms with Crippen LogP contribution in [-0.2, 0) is 24.2 Å². The predicted molar refractivity (Wildman–Crippen MR) is 80.0 cm³/mol. The van der Waals surface area contributed by atoms with Crippen LogP contribution in [0.1, 0.15) is 30.3 Å². The summed E-state index contributed by atoms with van der Waals surface area (Å²) in [7, 11) is 0. The van der Waals surface area contributed by atoms with Crippen LogP contribution in [0.25, 0.3) is 0 Å². The molecule has 0 spiro atoms. The average Bonchev–Trinajstić information content (AvgIpc) is 2.88. The first kappa shape index (κ1) is 15.2. The summed E-state index contributed by atoms with van der Waals surface area (Å²) in [6.07, 6.45) is 3.37. The van der Waals surface area contributed by atoms with E-state index in [0.29, 0.717) is 12.8 Å². The molecule has 21 heavy (non-hydrogen) atoms. The van der Waals surface area contributed by atoms with Gasteiger partial charge in [-0.15, -0.1) is 0 Å². The monoisotopic (exact) mass is 287 g/mol.